The molecule has 19 heavy (non-hydrogen) atoms. The summed E-state index contributed by atoms with van der Waals surface area (Å²) in [4.78, 5) is 0. The molecule has 0 unspecified atom stereocenters. The normalized spacial score (nSPS) is 11.4. The van der Waals surface area contributed by atoms with Gasteiger partial charge in [0.05, 0.1) is 0 Å². The van der Waals surface area contributed by atoms with Crippen LogP contribution in [0.1, 0.15) is 36.5 Å². The largest absolute Gasteiger partial charge is 0.488 e. The predicted octanol–water partition coefficient (Wildman–Crippen LogP) is 2.72. The van der Waals surface area contributed by atoms with E-state index in [-0.39, 0.29) is 0 Å². The lowest BCUT2D eigenvalue weighted by Gasteiger charge is -2.10. The molecule has 0 atom stereocenters. The zero-order valence-corrected chi connectivity index (χ0v) is 11.9. The van der Waals surface area contributed by atoms with Crippen LogP contribution in [0.15, 0.2) is 35.0 Å². The fraction of sp³-hybridized carbons (Fsp3) is 0.200. The van der Waals surface area contributed by atoms with Gasteiger partial charge < -0.3 is 10.0 Å². The molecule has 0 aliphatic heterocycles. The summed E-state index contributed by atoms with van der Waals surface area (Å²) >= 11 is 1.66. The summed E-state index contributed by atoms with van der Waals surface area (Å²) in [6, 6.07) is 7.78. The van der Waals surface area contributed by atoms with E-state index in [2.05, 4.69) is 31.4 Å². The summed E-state index contributed by atoms with van der Waals surface area (Å²) in [6.45, 7) is 4.18. The lowest BCUT2D eigenvalue weighted by atomic mass is 9.77. The predicted molar refractivity (Wildman–Crippen MR) is 83.6 cm³/mol. The maximum absolute atomic E-state index is 9.34. The van der Waals surface area contributed by atoms with E-state index in [0.29, 0.717) is 11.4 Å². The second-order valence-electron chi connectivity index (χ2n) is 4.85. The molecule has 2 N–H and O–H groups in total. The first-order valence-electron chi connectivity index (χ1n) is 6.27. The highest BCUT2D eigenvalue weighted by Crippen LogP contribution is 2.17. The molecule has 4 heteroatoms. The molecule has 0 aliphatic carbocycles. The van der Waals surface area contributed by atoms with Crippen molar-refractivity contribution in [1.82, 2.24) is 0 Å². The molecule has 1 aromatic heterocycles. The maximum atomic E-state index is 9.34. The Labute approximate surface area is 118 Å². The van der Waals surface area contributed by atoms with Crippen LogP contribution in [0.3, 0.4) is 0 Å². The van der Waals surface area contributed by atoms with E-state index in [1.54, 1.807) is 17.4 Å². The molecule has 0 bridgehead atoms. The minimum absolute atomic E-state index is 0.354. The fourth-order valence-electron chi connectivity index (χ4n) is 1.84. The Balaban J connectivity index is 2.33. The summed E-state index contributed by atoms with van der Waals surface area (Å²) in [7, 11) is -1.42. The van der Waals surface area contributed by atoms with E-state index in [1.165, 1.54) is 0 Å². The van der Waals surface area contributed by atoms with Gasteiger partial charge in [-0.3, -0.25) is 0 Å². The van der Waals surface area contributed by atoms with Crippen LogP contribution in [0.25, 0.3) is 12.2 Å². The van der Waals surface area contributed by atoms with Crippen molar-refractivity contribution >= 4 is 36.1 Å². The first-order valence-corrected chi connectivity index (χ1v) is 7.22. The van der Waals surface area contributed by atoms with Gasteiger partial charge in [0.15, 0.2) is 0 Å². The third kappa shape index (κ3) is 3.80. The SMILES string of the molecule is CC(C)c1cc(/C=C/c2ccsc2)cc(B(O)O)c1. The van der Waals surface area contributed by atoms with Crippen molar-refractivity contribution in [2.24, 2.45) is 0 Å². The molecular weight excluding hydrogens is 255 g/mol. The van der Waals surface area contributed by atoms with E-state index in [0.717, 1.165) is 16.7 Å². The van der Waals surface area contributed by atoms with Crippen LogP contribution in [0.4, 0.5) is 0 Å². The third-order valence-electron chi connectivity index (χ3n) is 2.98. The molecule has 2 aromatic rings. The molecular formula is C15H17BO2S. The second kappa shape index (κ2) is 6.19. The van der Waals surface area contributed by atoms with E-state index >= 15 is 0 Å². The number of rotatable bonds is 4. The van der Waals surface area contributed by atoms with Gasteiger partial charge in [0.1, 0.15) is 0 Å². The average Bonchev–Trinajstić information content (AvgIpc) is 2.89. The molecule has 0 spiro atoms. The monoisotopic (exact) mass is 272 g/mol. The maximum Gasteiger partial charge on any atom is 0.488 e. The van der Waals surface area contributed by atoms with E-state index < -0.39 is 7.12 Å². The highest BCUT2D eigenvalue weighted by molar-refractivity contribution is 7.08. The number of hydrogen-bond donors (Lipinski definition) is 2. The van der Waals surface area contributed by atoms with Gasteiger partial charge in [-0.1, -0.05) is 44.2 Å². The van der Waals surface area contributed by atoms with Gasteiger partial charge in [-0.15, -0.1) is 0 Å². The minimum atomic E-state index is -1.42. The average molecular weight is 272 g/mol. The summed E-state index contributed by atoms with van der Waals surface area (Å²) in [5, 5.41) is 22.8. The van der Waals surface area contributed by atoms with Crippen LogP contribution in [0.2, 0.25) is 0 Å². The van der Waals surface area contributed by atoms with Crippen LogP contribution in [-0.2, 0) is 0 Å². The van der Waals surface area contributed by atoms with Gasteiger partial charge in [-0.05, 0) is 44.9 Å². The van der Waals surface area contributed by atoms with Crippen LogP contribution in [0, 0.1) is 0 Å². The highest BCUT2D eigenvalue weighted by Gasteiger charge is 2.13. The van der Waals surface area contributed by atoms with Crippen LogP contribution < -0.4 is 5.46 Å². The molecule has 0 saturated heterocycles. The zero-order chi connectivity index (χ0) is 13.8. The van der Waals surface area contributed by atoms with Crippen molar-refractivity contribution in [3.63, 3.8) is 0 Å². The molecule has 2 nitrogen and oxygen atoms in total. The van der Waals surface area contributed by atoms with Crippen molar-refractivity contribution in [3.8, 4) is 0 Å². The second-order valence-corrected chi connectivity index (χ2v) is 5.63. The molecule has 1 aromatic carbocycles. The third-order valence-corrected chi connectivity index (χ3v) is 3.68. The quantitative estimate of drug-likeness (QED) is 0.840. The Morgan fingerprint density at radius 1 is 1.11 bits per heavy atom. The summed E-state index contributed by atoms with van der Waals surface area (Å²) in [5.41, 5.74) is 3.79. The Morgan fingerprint density at radius 3 is 2.42 bits per heavy atom. The molecule has 2 rings (SSSR count). The number of thiophene rings is 1. The van der Waals surface area contributed by atoms with E-state index in [1.807, 2.05) is 23.6 Å². The van der Waals surface area contributed by atoms with Gasteiger partial charge in [0.2, 0.25) is 0 Å². The topological polar surface area (TPSA) is 40.5 Å². The van der Waals surface area contributed by atoms with Crippen molar-refractivity contribution in [2.45, 2.75) is 19.8 Å². The Bertz CT molecular complexity index is 533. The molecule has 0 amide bonds. The van der Waals surface area contributed by atoms with Crippen LogP contribution >= 0.6 is 11.3 Å². The lowest BCUT2D eigenvalue weighted by molar-refractivity contribution is 0.425. The molecule has 0 saturated carbocycles. The van der Waals surface area contributed by atoms with Crippen LogP contribution in [0.5, 0.6) is 0 Å². The van der Waals surface area contributed by atoms with Gasteiger partial charge >= 0.3 is 7.12 Å². The first-order chi connectivity index (χ1) is 9.06. The van der Waals surface area contributed by atoms with Crippen molar-refractivity contribution in [2.75, 3.05) is 0 Å². The lowest BCUT2D eigenvalue weighted by Crippen LogP contribution is -2.30. The highest BCUT2D eigenvalue weighted by atomic mass is 32.1. The van der Waals surface area contributed by atoms with E-state index in [9.17, 15) is 10.0 Å². The summed E-state index contributed by atoms with van der Waals surface area (Å²) in [6.07, 6.45) is 4.03. The van der Waals surface area contributed by atoms with Crippen molar-refractivity contribution in [3.05, 3.63) is 51.7 Å². The van der Waals surface area contributed by atoms with Crippen LogP contribution in [-0.4, -0.2) is 17.2 Å². The van der Waals surface area contributed by atoms with Gasteiger partial charge in [-0.25, -0.2) is 0 Å². The smallest absolute Gasteiger partial charge is 0.423 e. The molecule has 0 fully saturated rings. The minimum Gasteiger partial charge on any atom is -0.423 e. The van der Waals surface area contributed by atoms with E-state index in [4.69, 9.17) is 0 Å². The number of benzene rings is 1. The first kappa shape index (κ1) is 14.1. The Kier molecular flexibility index (Phi) is 4.58. The summed E-state index contributed by atoms with van der Waals surface area (Å²) < 4.78 is 0. The molecule has 0 radical (unpaired) electrons. The molecule has 98 valence electrons. The zero-order valence-electron chi connectivity index (χ0n) is 11.1. The standard InChI is InChI=1S/C15H17BO2S/c1-11(2)14-7-13(8-15(9-14)16(17)18)4-3-12-5-6-19-10-12/h3-11,17-18H,1-2H3/b4-3+. The Hall–Kier alpha value is -1.36. The van der Waals surface area contributed by atoms with Gasteiger partial charge in [0, 0.05) is 0 Å². The van der Waals surface area contributed by atoms with Crippen molar-refractivity contribution < 1.29 is 10.0 Å². The number of hydrogen-bond acceptors (Lipinski definition) is 3. The van der Waals surface area contributed by atoms with Crippen molar-refractivity contribution in [1.29, 1.82) is 0 Å². The fourth-order valence-corrected chi connectivity index (χ4v) is 2.47. The van der Waals surface area contributed by atoms with Gasteiger partial charge in [0.25, 0.3) is 0 Å². The molecule has 0 aliphatic rings. The Morgan fingerprint density at radius 2 is 1.84 bits per heavy atom. The summed E-state index contributed by atoms with van der Waals surface area (Å²) in [5.74, 6) is 0.354. The molecule has 1 heterocycles. The van der Waals surface area contributed by atoms with Gasteiger partial charge in [-0.2, -0.15) is 11.3 Å².